The van der Waals surface area contributed by atoms with Gasteiger partial charge in [-0.05, 0) is 12.1 Å². The van der Waals surface area contributed by atoms with Crippen molar-refractivity contribution in [3.63, 3.8) is 0 Å². The number of benzene rings is 1. The van der Waals surface area contributed by atoms with Gasteiger partial charge in [-0.1, -0.05) is 24.4 Å². The molecule has 0 saturated carbocycles. The molecule has 19 heavy (non-hydrogen) atoms. The Balaban J connectivity index is 1.87. The number of nitrogens with one attached hydrogen (secondary N) is 2. The Kier molecular flexibility index (Phi) is 4.25. The van der Waals surface area contributed by atoms with Crippen LogP contribution in [0, 0.1) is 0 Å². The second kappa shape index (κ2) is 6.10. The molecule has 0 radical (unpaired) electrons. The van der Waals surface area contributed by atoms with E-state index in [2.05, 4.69) is 15.3 Å². The van der Waals surface area contributed by atoms with E-state index in [0.29, 0.717) is 23.5 Å². The highest BCUT2D eigenvalue weighted by Crippen LogP contribution is 2.04. The Hall–Kier alpha value is -2.21. The minimum atomic E-state index is -0.124. The first kappa shape index (κ1) is 13.2. The van der Waals surface area contributed by atoms with Gasteiger partial charge >= 0.3 is 0 Å². The zero-order chi connectivity index (χ0) is 13.7. The van der Waals surface area contributed by atoms with E-state index in [1.807, 2.05) is 0 Å². The highest BCUT2D eigenvalue weighted by molar-refractivity contribution is 7.80. The summed E-state index contributed by atoms with van der Waals surface area (Å²) in [7, 11) is 0. The molecule has 4 N–H and O–H groups in total. The molecule has 0 aliphatic carbocycles. The first-order valence-electron chi connectivity index (χ1n) is 5.83. The molecule has 1 aromatic carbocycles. The molecular weight excluding hydrogens is 260 g/mol. The van der Waals surface area contributed by atoms with E-state index in [9.17, 15) is 4.79 Å². The number of aromatic nitrogens is 2. The predicted molar refractivity (Wildman–Crippen MR) is 77.0 cm³/mol. The minimum absolute atomic E-state index is 0.124. The van der Waals surface area contributed by atoms with E-state index in [0.717, 1.165) is 11.4 Å². The molecule has 0 bridgehead atoms. The zero-order valence-corrected chi connectivity index (χ0v) is 11.0. The molecule has 0 aliphatic heterocycles. The molecule has 0 saturated heterocycles. The molecule has 0 unspecified atom stereocenters. The first-order valence-corrected chi connectivity index (χ1v) is 6.24. The number of amides is 1. The third kappa shape index (κ3) is 3.62. The van der Waals surface area contributed by atoms with Crippen molar-refractivity contribution in [3.05, 3.63) is 53.6 Å². The van der Waals surface area contributed by atoms with Crippen LogP contribution in [0.15, 0.2) is 36.7 Å². The van der Waals surface area contributed by atoms with Crippen molar-refractivity contribution in [3.8, 4) is 0 Å². The van der Waals surface area contributed by atoms with Gasteiger partial charge in [0.25, 0.3) is 5.91 Å². The van der Waals surface area contributed by atoms with E-state index >= 15 is 0 Å². The second-order valence-electron chi connectivity index (χ2n) is 3.98. The number of nitrogens with zero attached hydrogens (tertiary/aromatic N) is 1. The van der Waals surface area contributed by atoms with Gasteiger partial charge in [0.2, 0.25) is 0 Å². The summed E-state index contributed by atoms with van der Waals surface area (Å²) >= 11 is 4.85. The summed E-state index contributed by atoms with van der Waals surface area (Å²) in [6.07, 6.45) is 4.11. The van der Waals surface area contributed by atoms with Gasteiger partial charge in [0.05, 0.1) is 0 Å². The standard InChI is InChI=1S/C13H14N4OS/c14-12(19)9-1-3-10(4-2-9)13(18)17-6-5-11-15-7-8-16-11/h1-4,7-8H,5-6H2,(H2,14,19)(H,15,16)(H,17,18). The number of rotatable bonds is 5. The summed E-state index contributed by atoms with van der Waals surface area (Å²) < 4.78 is 0. The van der Waals surface area contributed by atoms with Crippen molar-refractivity contribution in [2.24, 2.45) is 5.73 Å². The molecule has 98 valence electrons. The molecule has 1 amide bonds. The van der Waals surface area contributed by atoms with Crippen LogP contribution >= 0.6 is 12.2 Å². The van der Waals surface area contributed by atoms with Gasteiger partial charge in [0, 0.05) is 36.5 Å². The van der Waals surface area contributed by atoms with Crippen LogP contribution in [0.25, 0.3) is 0 Å². The van der Waals surface area contributed by atoms with Crippen molar-refractivity contribution >= 4 is 23.1 Å². The summed E-state index contributed by atoms with van der Waals surface area (Å²) in [4.78, 5) is 19.2. The van der Waals surface area contributed by atoms with Crippen LogP contribution in [0.5, 0.6) is 0 Å². The van der Waals surface area contributed by atoms with Gasteiger partial charge in [-0.2, -0.15) is 0 Å². The van der Waals surface area contributed by atoms with E-state index in [4.69, 9.17) is 18.0 Å². The molecule has 2 rings (SSSR count). The number of carbonyl (C=O) groups is 1. The van der Waals surface area contributed by atoms with Crippen LogP contribution in [0.4, 0.5) is 0 Å². The Labute approximate surface area is 116 Å². The Bertz CT molecular complexity index is 563. The average molecular weight is 274 g/mol. The maximum atomic E-state index is 11.8. The number of nitrogens with two attached hydrogens (primary N) is 1. The van der Waals surface area contributed by atoms with Gasteiger partial charge in [-0.25, -0.2) is 4.98 Å². The average Bonchev–Trinajstić information content (AvgIpc) is 2.92. The van der Waals surface area contributed by atoms with E-state index in [1.54, 1.807) is 36.7 Å². The Morgan fingerprint density at radius 1 is 1.32 bits per heavy atom. The van der Waals surface area contributed by atoms with Crippen LogP contribution in [0.1, 0.15) is 21.7 Å². The first-order chi connectivity index (χ1) is 9.16. The molecule has 1 heterocycles. The van der Waals surface area contributed by atoms with E-state index in [1.165, 1.54) is 0 Å². The van der Waals surface area contributed by atoms with Gasteiger partial charge in [0.15, 0.2) is 0 Å². The lowest BCUT2D eigenvalue weighted by Crippen LogP contribution is -2.26. The fourth-order valence-corrected chi connectivity index (χ4v) is 1.75. The highest BCUT2D eigenvalue weighted by Gasteiger charge is 2.05. The smallest absolute Gasteiger partial charge is 0.251 e. The van der Waals surface area contributed by atoms with E-state index in [-0.39, 0.29) is 5.91 Å². The number of hydrogen-bond acceptors (Lipinski definition) is 3. The topological polar surface area (TPSA) is 83.8 Å². The summed E-state index contributed by atoms with van der Waals surface area (Å²) in [5, 5.41) is 2.82. The number of H-pyrrole nitrogens is 1. The van der Waals surface area contributed by atoms with Crippen LogP contribution in [-0.4, -0.2) is 27.4 Å². The van der Waals surface area contributed by atoms with Crippen LogP contribution in [0.3, 0.4) is 0 Å². The van der Waals surface area contributed by atoms with Crippen molar-refractivity contribution < 1.29 is 4.79 Å². The molecule has 0 fully saturated rings. The lowest BCUT2D eigenvalue weighted by molar-refractivity contribution is 0.0954. The second-order valence-corrected chi connectivity index (χ2v) is 4.42. The third-order valence-electron chi connectivity index (χ3n) is 2.63. The molecule has 5 nitrogen and oxygen atoms in total. The normalized spacial score (nSPS) is 10.1. The van der Waals surface area contributed by atoms with Crippen LogP contribution in [0.2, 0.25) is 0 Å². The minimum Gasteiger partial charge on any atom is -0.389 e. The maximum absolute atomic E-state index is 11.8. The number of carbonyl (C=O) groups excluding carboxylic acids is 1. The lowest BCUT2D eigenvalue weighted by Gasteiger charge is -2.05. The van der Waals surface area contributed by atoms with E-state index < -0.39 is 0 Å². The van der Waals surface area contributed by atoms with Gasteiger partial charge < -0.3 is 16.0 Å². The lowest BCUT2D eigenvalue weighted by atomic mass is 10.1. The Morgan fingerprint density at radius 3 is 2.58 bits per heavy atom. The number of hydrogen-bond donors (Lipinski definition) is 3. The summed E-state index contributed by atoms with van der Waals surface area (Å²) in [6, 6.07) is 6.89. The molecule has 2 aromatic rings. The number of imidazole rings is 1. The molecular formula is C13H14N4OS. The number of aromatic amines is 1. The third-order valence-corrected chi connectivity index (χ3v) is 2.87. The number of thiocarbonyl (C=S) groups is 1. The molecule has 0 spiro atoms. The monoisotopic (exact) mass is 274 g/mol. The molecule has 0 atom stereocenters. The highest BCUT2D eigenvalue weighted by atomic mass is 32.1. The fraction of sp³-hybridized carbons (Fsp3) is 0.154. The predicted octanol–water partition coefficient (Wildman–Crippen LogP) is 1.02. The summed E-state index contributed by atoms with van der Waals surface area (Å²) in [5.74, 6) is 0.727. The molecule has 6 heteroatoms. The van der Waals surface area contributed by atoms with Gasteiger partial charge in [0.1, 0.15) is 10.8 Å². The Morgan fingerprint density at radius 2 is 2.00 bits per heavy atom. The fourth-order valence-electron chi connectivity index (χ4n) is 1.62. The van der Waals surface area contributed by atoms with Crippen molar-refractivity contribution in [2.75, 3.05) is 6.54 Å². The van der Waals surface area contributed by atoms with Crippen LogP contribution < -0.4 is 11.1 Å². The molecule has 1 aromatic heterocycles. The summed E-state index contributed by atoms with van der Waals surface area (Å²) in [5.41, 5.74) is 6.83. The SMILES string of the molecule is NC(=S)c1ccc(C(=O)NCCc2ncc[nH]2)cc1. The zero-order valence-electron chi connectivity index (χ0n) is 10.2. The molecule has 0 aliphatic rings. The quantitative estimate of drug-likeness (QED) is 0.711. The maximum Gasteiger partial charge on any atom is 0.251 e. The van der Waals surface area contributed by atoms with Crippen molar-refractivity contribution in [1.82, 2.24) is 15.3 Å². The summed E-state index contributed by atoms with van der Waals surface area (Å²) in [6.45, 7) is 0.531. The van der Waals surface area contributed by atoms with Gasteiger partial charge in [-0.3, -0.25) is 4.79 Å². The largest absolute Gasteiger partial charge is 0.389 e. The van der Waals surface area contributed by atoms with Gasteiger partial charge in [-0.15, -0.1) is 0 Å². The van der Waals surface area contributed by atoms with Crippen molar-refractivity contribution in [2.45, 2.75) is 6.42 Å². The van der Waals surface area contributed by atoms with Crippen LogP contribution in [-0.2, 0) is 6.42 Å². The van der Waals surface area contributed by atoms with Crippen molar-refractivity contribution in [1.29, 1.82) is 0 Å².